The zero-order valence-corrected chi connectivity index (χ0v) is 12.2. The summed E-state index contributed by atoms with van der Waals surface area (Å²) in [5.41, 5.74) is 0.0698. The number of halogens is 1. The molecule has 2 N–H and O–H groups in total. The summed E-state index contributed by atoms with van der Waals surface area (Å²) in [6, 6.07) is 5.55. The number of nitrogens with one attached hydrogen (secondary N) is 1. The molecule has 0 saturated heterocycles. The molecule has 1 atom stereocenters. The smallest absolute Gasteiger partial charge is 0.125 e. The standard InChI is InChI=1S/C14H22ClNO2/c1-10(2)14(3,17)9-18-13-7-5-6-12(15)11(13)8-16-4/h5-7,10,16-17H,8-9H2,1-4H3. The second-order valence-corrected chi connectivity index (χ2v) is 5.45. The predicted molar refractivity (Wildman–Crippen MR) is 75.2 cm³/mol. The van der Waals surface area contributed by atoms with Gasteiger partial charge in [-0.05, 0) is 32.0 Å². The molecule has 1 aromatic carbocycles. The van der Waals surface area contributed by atoms with E-state index in [0.717, 1.165) is 11.3 Å². The Balaban J connectivity index is 2.82. The molecule has 0 aromatic heterocycles. The van der Waals surface area contributed by atoms with Crippen LogP contribution in [0, 0.1) is 5.92 Å². The van der Waals surface area contributed by atoms with Gasteiger partial charge in [-0.2, -0.15) is 0 Å². The Hall–Kier alpha value is -0.770. The van der Waals surface area contributed by atoms with Gasteiger partial charge in [0.25, 0.3) is 0 Å². The molecule has 0 aliphatic heterocycles. The molecule has 1 unspecified atom stereocenters. The van der Waals surface area contributed by atoms with Crippen molar-refractivity contribution in [3.8, 4) is 5.75 Å². The first kappa shape index (κ1) is 15.3. The molecule has 0 radical (unpaired) electrons. The van der Waals surface area contributed by atoms with Gasteiger partial charge in [-0.15, -0.1) is 0 Å². The summed E-state index contributed by atoms with van der Waals surface area (Å²) in [5.74, 6) is 0.849. The quantitative estimate of drug-likeness (QED) is 0.836. The van der Waals surface area contributed by atoms with Crippen molar-refractivity contribution in [1.82, 2.24) is 5.32 Å². The molecular formula is C14H22ClNO2. The van der Waals surface area contributed by atoms with Gasteiger partial charge in [-0.3, -0.25) is 0 Å². The van der Waals surface area contributed by atoms with Crippen molar-refractivity contribution in [2.24, 2.45) is 5.92 Å². The third kappa shape index (κ3) is 3.87. The molecule has 0 amide bonds. The molecule has 0 spiro atoms. The predicted octanol–water partition coefficient (Wildman–Crippen LogP) is 2.85. The Morgan fingerprint density at radius 1 is 1.44 bits per heavy atom. The van der Waals surface area contributed by atoms with Crippen molar-refractivity contribution >= 4 is 11.6 Å². The Kier molecular flexibility index (Phi) is 5.45. The van der Waals surface area contributed by atoms with Crippen molar-refractivity contribution < 1.29 is 9.84 Å². The summed E-state index contributed by atoms with van der Waals surface area (Å²) in [6.45, 7) is 6.60. The van der Waals surface area contributed by atoms with Gasteiger partial charge in [0.15, 0.2) is 0 Å². The van der Waals surface area contributed by atoms with E-state index in [9.17, 15) is 5.11 Å². The molecule has 1 rings (SSSR count). The van der Waals surface area contributed by atoms with Gasteiger partial charge < -0.3 is 15.2 Å². The fourth-order valence-electron chi connectivity index (χ4n) is 1.41. The zero-order chi connectivity index (χ0) is 13.8. The number of hydrogen-bond acceptors (Lipinski definition) is 3. The molecule has 102 valence electrons. The Bertz CT molecular complexity index is 391. The van der Waals surface area contributed by atoms with Crippen molar-refractivity contribution in [2.45, 2.75) is 32.9 Å². The fraction of sp³-hybridized carbons (Fsp3) is 0.571. The van der Waals surface area contributed by atoms with Crippen LogP contribution in [-0.4, -0.2) is 24.4 Å². The summed E-state index contributed by atoms with van der Waals surface area (Å²) < 4.78 is 5.72. The first-order chi connectivity index (χ1) is 8.38. The number of rotatable bonds is 6. The molecule has 4 heteroatoms. The monoisotopic (exact) mass is 271 g/mol. The van der Waals surface area contributed by atoms with Crippen LogP contribution >= 0.6 is 11.6 Å². The lowest BCUT2D eigenvalue weighted by molar-refractivity contribution is -0.0268. The highest BCUT2D eigenvalue weighted by Crippen LogP contribution is 2.27. The lowest BCUT2D eigenvalue weighted by Gasteiger charge is -2.28. The van der Waals surface area contributed by atoms with Crippen molar-refractivity contribution in [3.63, 3.8) is 0 Å². The fourth-order valence-corrected chi connectivity index (χ4v) is 1.65. The van der Waals surface area contributed by atoms with Crippen LogP contribution in [-0.2, 0) is 6.54 Å². The lowest BCUT2D eigenvalue weighted by Crippen LogP contribution is -2.38. The van der Waals surface area contributed by atoms with Gasteiger partial charge in [0.05, 0.1) is 5.60 Å². The van der Waals surface area contributed by atoms with Crippen molar-refractivity contribution in [3.05, 3.63) is 28.8 Å². The summed E-state index contributed by atoms with van der Waals surface area (Å²) >= 11 is 6.14. The third-order valence-corrected chi connectivity index (χ3v) is 3.55. The van der Waals surface area contributed by atoms with Crippen LogP contribution in [0.5, 0.6) is 5.75 Å². The minimum Gasteiger partial charge on any atom is -0.490 e. The molecule has 0 heterocycles. The van der Waals surface area contributed by atoms with Gasteiger partial charge in [0.1, 0.15) is 12.4 Å². The number of hydrogen-bond donors (Lipinski definition) is 2. The normalized spacial score (nSPS) is 14.6. The van der Waals surface area contributed by atoms with Crippen LogP contribution < -0.4 is 10.1 Å². The molecule has 0 aliphatic carbocycles. The highest BCUT2D eigenvalue weighted by molar-refractivity contribution is 6.31. The highest BCUT2D eigenvalue weighted by Gasteiger charge is 2.26. The van der Waals surface area contributed by atoms with Gasteiger partial charge in [-0.25, -0.2) is 0 Å². The van der Waals surface area contributed by atoms with E-state index in [4.69, 9.17) is 16.3 Å². The zero-order valence-electron chi connectivity index (χ0n) is 11.5. The van der Waals surface area contributed by atoms with E-state index in [1.807, 2.05) is 39.1 Å². The largest absolute Gasteiger partial charge is 0.490 e. The summed E-state index contributed by atoms with van der Waals surface area (Å²) in [7, 11) is 1.86. The van der Waals surface area contributed by atoms with E-state index in [1.165, 1.54) is 0 Å². The van der Waals surface area contributed by atoms with Gasteiger partial charge in [0, 0.05) is 17.1 Å². The second kappa shape index (κ2) is 6.41. The minimum absolute atomic E-state index is 0.129. The SMILES string of the molecule is CNCc1c(Cl)cccc1OCC(C)(O)C(C)C. The van der Waals surface area contributed by atoms with Crippen LogP contribution in [0.15, 0.2) is 18.2 Å². The summed E-state index contributed by atoms with van der Waals surface area (Å²) in [5, 5.41) is 13.9. The summed E-state index contributed by atoms with van der Waals surface area (Å²) in [6.07, 6.45) is 0. The van der Waals surface area contributed by atoms with E-state index in [0.29, 0.717) is 11.6 Å². The van der Waals surface area contributed by atoms with Crippen LogP contribution in [0.1, 0.15) is 26.3 Å². The van der Waals surface area contributed by atoms with Crippen molar-refractivity contribution in [2.75, 3.05) is 13.7 Å². The van der Waals surface area contributed by atoms with Crippen LogP contribution in [0.2, 0.25) is 5.02 Å². The van der Waals surface area contributed by atoms with E-state index < -0.39 is 5.60 Å². The molecule has 0 bridgehead atoms. The van der Waals surface area contributed by atoms with Gasteiger partial charge in [0.2, 0.25) is 0 Å². The van der Waals surface area contributed by atoms with E-state index in [2.05, 4.69) is 5.32 Å². The number of aliphatic hydroxyl groups is 1. The maximum absolute atomic E-state index is 10.2. The van der Waals surface area contributed by atoms with E-state index in [1.54, 1.807) is 6.92 Å². The van der Waals surface area contributed by atoms with Crippen LogP contribution in [0.25, 0.3) is 0 Å². The highest BCUT2D eigenvalue weighted by atomic mass is 35.5. The molecule has 0 aliphatic rings. The first-order valence-corrected chi connectivity index (χ1v) is 6.53. The van der Waals surface area contributed by atoms with E-state index in [-0.39, 0.29) is 12.5 Å². The van der Waals surface area contributed by atoms with Gasteiger partial charge >= 0.3 is 0 Å². The number of benzene rings is 1. The average Bonchev–Trinajstić information content (AvgIpc) is 2.30. The molecular weight excluding hydrogens is 250 g/mol. The summed E-state index contributed by atoms with van der Waals surface area (Å²) in [4.78, 5) is 0. The molecule has 18 heavy (non-hydrogen) atoms. The number of ether oxygens (including phenoxy) is 1. The second-order valence-electron chi connectivity index (χ2n) is 5.05. The minimum atomic E-state index is -0.848. The van der Waals surface area contributed by atoms with Crippen LogP contribution in [0.3, 0.4) is 0 Å². The Morgan fingerprint density at radius 3 is 2.67 bits per heavy atom. The maximum Gasteiger partial charge on any atom is 0.125 e. The first-order valence-electron chi connectivity index (χ1n) is 6.15. The third-order valence-electron chi connectivity index (χ3n) is 3.19. The molecule has 1 aromatic rings. The Morgan fingerprint density at radius 2 is 2.11 bits per heavy atom. The lowest BCUT2D eigenvalue weighted by atomic mass is 9.94. The molecule has 0 fully saturated rings. The Labute approximate surface area is 114 Å². The van der Waals surface area contributed by atoms with Crippen LogP contribution in [0.4, 0.5) is 0 Å². The molecule has 0 saturated carbocycles. The van der Waals surface area contributed by atoms with E-state index >= 15 is 0 Å². The average molecular weight is 272 g/mol. The van der Waals surface area contributed by atoms with Crippen molar-refractivity contribution in [1.29, 1.82) is 0 Å². The maximum atomic E-state index is 10.2. The molecule has 3 nitrogen and oxygen atoms in total. The topological polar surface area (TPSA) is 41.5 Å². The van der Waals surface area contributed by atoms with Gasteiger partial charge in [-0.1, -0.05) is 31.5 Å².